The predicted molar refractivity (Wildman–Crippen MR) is 130 cm³/mol. The second-order valence-electron chi connectivity index (χ2n) is 7.92. The highest BCUT2D eigenvalue weighted by atomic mass is 32.1. The van der Waals surface area contributed by atoms with Crippen molar-refractivity contribution in [2.75, 3.05) is 30.4 Å². The van der Waals surface area contributed by atoms with Crippen molar-refractivity contribution in [3.8, 4) is 17.5 Å². The van der Waals surface area contributed by atoms with Gasteiger partial charge in [-0.25, -0.2) is 0 Å². The number of hydrogen-bond acceptors (Lipinski definition) is 7. The highest BCUT2D eigenvalue weighted by Crippen LogP contribution is 2.28. The number of nitrogens with zero attached hydrogens (tertiary/aromatic N) is 5. The van der Waals surface area contributed by atoms with Crippen LogP contribution in [0.4, 0.5) is 10.3 Å². The van der Waals surface area contributed by atoms with Gasteiger partial charge in [-0.15, -0.1) is 10.2 Å². The van der Waals surface area contributed by atoms with Crippen molar-refractivity contribution in [2.45, 2.75) is 33.1 Å². The van der Waals surface area contributed by atoms with Crippen molar-refractivity contribution in [1.82, 2.24) is 14.8 Å². The average molecular weight is 463 g/mol. The molecule has 0 aliphatic carbocycles. The molecule has 33 heavy (non-hydrogen) atoms. The van der Waals surface area contributed by atoms with Gasteiger partial charge in [0, 0.05) is 36.2 Å². The van der Waals surface area contributed by atoms with Crippen LogP contribution in [0.3, 0.4) is 0 Å². The number of ether oxygens (including phenoxy) is 1. The first-order chi connectivity index (χ1) is 16.0. The van der Waals surface area contributed by atoms with E-state index < -0.39 is 5.91 Å². The molecule has 8 nitrogen and oxygen atoms in total. The topological polar surface area (TPSA) is 96.1 Å². The van der Waals surface area contributed by atoms with Crippen molar-refractivity contribution >= 4 is 33.6 Å². The molecule has 1 saturated heterocycles. The van der Waals surface area contributed by atoms with Crippen LogP contribution in [0.15, 0.2) is 35.9 Å². The summed E-state index contributed by atoms with van der Waals surface area (Å²) in [5.41, 5.74) is 3.67. The summed E-state index contributed by atoms with van der Waals surface area (Å²) in [6.07, 6.45) is 5.11. The molecule has 2 aromatic heterocycles. The monoisotopic (exact) mass is 462 g/mol. The number of anilines is 2. The fourth-order valence-electron chi connectivity index (χ4n) is 4.03. The number of hydrogen-bond donors (Lipinski definition) is 1. The number of benzene rings is 1. The molecular formula is C24H26N6O2S. The lowest BCUT2D eigenvalue weighted by Crippen LogP contribution is -2.29. The third-order valence-corrected chi connectivity index (χ3v) is 6.61. The Bertz CT molecular complexity index is 1230. The van der Waals surface area contributed by atoms with Crippen LogP contribution in [0.5, 0.6) is 5.75 Å². The molecule has 0 spiro atoms. The van der Waals surface area contributed by atoms with Gasteiger partial charge in [0.05, 0.1) is 7.11 Å². The van der Waals surface area contributed by atoms with E-state index in [1.54, 1.807) is 13.2 Å². The maximum Gasteiger partial charge on any atom is 0.268 e. The maximum absolute atomic E-state index is 12.8. The smallest absolute Gasteiger partial charge is 0.268 e. The number of carbonyl (C=O) groups excluding carboxylic acids is 1. The summed E-state index contributed by atoms with van der Waals surface area (Å²) in [5, 5.41) is 21.9. The fourth-order valence-corrected chi connectivity index (χ4v) is 4.82. The third-order valence-electron chi connectivity index (χ3n) is 5.71. The lowest BCUT2D eigenvalue weighted by molar-refractivity contribution is -0.112. The van der Waals surface area contributed by atoms with Crippen LogP contribution in [0.25, 0.3) is 11.8 Å². The Kier molecular flexibility index (Phi) is 6.75. The van der Waals surface area contributed by atoms with Crippen LogP contribution in [0.2, 0.25) is 0 Å². The minimum Gasteiger partial charge on any atom is -0.497 e. The van der Waals surface area contributed by atoms with E-state index in [0.29, 0.717) is 5.13 Å². The summed E-state index contributed by atoms with van der Waals surface area (Å²) < 4.78 is 7.41. The lowest BCUT2D eigenvalue weighted by Gasteiger charge is -2.25. The van der Waals surface area contributed by atoms with E-state index in [1.165, 1.54) is 17.8 Å². The Hall–Kier alpha value is -3.64. The molecule has 0 radical (unpaired) electrons. The number of aryl methyl sites for hydroxylation is 1. The molecule has 1 aliphatic rings. The summed E-state index contributed by atoms with van der Waals surface area (Å²) in [7, 11) is 1.63. The van der Waals surface area contributed by atoms with Gasteiger partial charge in [-0.05, 0) is 62.9 Å². The van der Waals surface area contributed by atoms with Gasteiger partial charge in [0.2, 0.25) is 10.3 Å². The van der Waals surface area contributed by atoms with Gasteiger partial charge in [0.1, 0.15) is 17.4 Å². The summed E-state index contributed by atoms with van der Waals surface area (Å²) in [4.78, 5) is 15.0. The zero-order valence-electron chi connectivity index (χ0n) is 19.0. The minimum absolute atomic E-state index is 0.00983. The van der Waals surface area contributed by atoms with Crippen molar-refractivity contribution in [2.24, 2.45) is 0 Å². The van der Waals surface area contributed by atoms with E-state index >= 15 is 0 Å². The highest BCUT2D eigenvalue weighted by Gasteiger charge is 2.18. The van der Waals surface area contributed by atoms with Gasteiger partial charge in [-0.3, -0.25) is 10.1 Å². The highest BCUT2D eigenvalue weighted by molar-refractivity contribution is 7.19. The fraction of sp³-hybridized carbons (Fsp3) is 0.333. The number of nitrogens with one attached hydrogen (secondary N) is 1. The number of methoxy groups -OCH3 is 1. The van der Waals surface area contributed by atoms with Gasteiger partial charge in [-0.2, -0.15) is 5.26 Å². The quantitative estimate of drug-likeness (QED) is 0.428. The summed E-state index contributed by atoms with van der Waals surface area (Å²) in [6.45, 7) is 5.85. The Morgan fingerprint density at radius 3 is 2.73 bits per heavy atom. The first-order valence-electron chi connectivity index (χ1n) is 10.8. The molecule has 1 aliphatic heterocycles. The Morgan fingerprint density at radius 2 is 2.00 bits per heavy atom. The van der Waals surface area contributed by atoms with E-state index in [0.717, 1.165) is 59.5 Å². The van der Waals surface area contributed by atoms with Gasteiger partial charge < -0.3 is 14.2 Å². The molecule has 4 rings (SSSR count). The molecule has 3 aromatic rings. The van der Waals surface area contributed by atoms with Crippen LogP contribution in [0.1, 0.15) is 36.2 Å². The lowest BCUT2D eigenvalue weighted by atomic mass is 10.1. The summed E-state index contributed by atoms with van der Waals surface area (Å²) >= 11 is 1.33. The van der Waals surface area contributed by atoms with Crippen LogP contribution in [-0.4, -0.2) is 40.9 Å². The van der Waals surface area contributed by atoms with E-state index in [-0.39, 0.29) is 5.57 Å². The minimum atomic E-state index is -0.495. The molecule has 1 amide bonds. The second-order valence-corrected chi connectivity index (χ2v) is 8.88. The molecule has 0 atom stereocenters. The van der Waals surface area contributed by atoms with Crippen LogP contribution >= 0.6 is 11.3 Å². The zero-order chi connectivity index (χ0) is 23.4. The first-order valence-corrected chi connectivity index (χ1v) is 11.7. The molecule has 170 valence electrons. The van der Waals surface area contributed by atoms with E-state index in [4.69, 9.17) is 4.74 Å². The number of aromatic nitrogens is 3. The van der Waals surface area contributed by atoms with E-state index in [2.05, 4.69) is 25.0 Å². The van der Waals surface area contributed by atoms with Crippen LogP contribution < -0.4 is 15.0 Å². The molecule has 0 unspecified atom stereocenters. The molecular weight excluding hydrogens is 436 g/mol. The van der Waals surface area contributed by atoms with Crippen LogP contribution in [0, 0.1) is 25.2 Å². The Morgan fingerprint density at radius 1 is 1.21 bits per heavy atom. The average Bonchev–Trinajstić information content (AvgIpc) is 3.41. The summed E-state index contributed by atoms with van der Waals surface area (Å²) in [6, 6.07) is 11.7. The van der Waals surface area contributed by atoms with Crippen molar-refractivity contribution in [1.29, 1.82) is 5.26 Å². The number of nitriles is 1. The first kappa shape index (κ1) is 22.6. The van der Waals surface area contributed by atoms with E-state index in [9.17, 15) is 10.1 Å². The largest absolute Gasteiger partial charge is 0.497 e. The number of rotatable bonds is 6. The van der Waals surface area contributed by atoms with Gasteiger partial charge in [-0.1, -0.05) is 17.4 Å². The maximum atomic E-state index is 12.8. The molecule has 9 heteroatoms. The Balaban J connectivity index is 1.55. The molecule has 1 aromatic carbocycles. The normalized spacial score (nSPS) is 14.1. The predicted octanol–water partition coefficient (Wildman–Crippen LogP) is 4.49. The molecule has 1 fully saturated rings. The number of amides is 1. The van der Waals surface area contributed by atoms with Crippen LogP contribution in [-0.2, 0) is 4.79 Å². The van der Waals surface area contributed by atoms with Crippen molar-refractivity contribution < 1.29 is 9.53 Å². The summed E-state index contributed by atoms with van der Waals surface area (Å²) in [5.74, 6) is 0.264. The number of piperidine rings is 1. The zero-order valence-corrected chi connectivity index (χ0v) is 19.8. The number of carbonyl (C=O) groups is 1. The van der Waals surface area contributed by atoms with Crippen molar-refractivity contribution in [3.63, 3.8) is 0 Å². The Labute approximate surface area is 197 Å². The third kappa shape index (κ3) is 4.91. The molecule has 1 N–H and O–H groups in total. The van der Waals surface area contributed by atoms with Gasteiger partial charge >= 0.3 is 0 Å². The van der Waals surface area contributed by atoms with Gasteiger partial charge in [0.15, 0.2) is 0 Å². The molecule has 0 bridgehead atoms. The molecule has 3 heterocycles. The SMILES string of the molecule is COc1cccc(-n2c(C)cc(/C=C(/C#N)C(=O)Nc3nnc(N4CCCCC4)s3)c2C)c1. The standard InChI is InChI=1S/C24H26N6O2S/c1-16-12-18(17(2)30(16)20-8-7-9-21(14-20)32-3)13-19(15-25)22(31)26-23-27-28-24(33-23)29-10-5-4-6-11-29/h7-9,12-14H,4-6,10-11H2,1-3H3,(H,26,27,31)/b19-13-. The molecule has 0 saturated carbocycles. The van der Waals surface area contributed by atoms with Gasteiger partial charge in [0.25, 0.3) is 5.91 Å². The van der Waals surface area contributed by atoms with E-state index in [1.807, 2.05) is 50.2 Å². The van der Waals surface area contributed by atoms with Crippen molar-refractivity contribution in [3.05, 3.63) is 52.9 Å². The second kappa shape index (κ2) is 9.88.